The monoisotopic (exact) mass is 375 g/mol. The van der Waals surface area contributed by atoms with E-state index < -0.39 is 18.1 Å². The maximum Gasteiger partial charge on any atom is 0.326 e. The van der Waals surface area contributed by atoms with Gasteiger partial charge in [-0.3, -0.25) is 9.59 Å². The lowest BCUT2D eigenvalue weighted by Crippen LogP contribution is -2.55. The SMILES string of the molecule is O=C(NC(Cc1ccc(O)cc1)C(=O)N1CCCC1C(=O)O)C1CCCN1. The van der Waals surface area contributed by atoms with E-state index in [0.717, 1.165) is 18.5 Å². The third kappa shape index (κ3) is 4.57. The summed E-state index contributed by atoms with van der Waals surface area (Å²) in [6.07, 6.45) is 2.91. The topological polar surface area (TPSA) is 119 Å². The summed E-state index contributed by atoms with van der Waals surface area (Å²) in [5.41, 5.74) is 0.775. The Kier molecular flexibility index (Phi) is 5.95. The molecule has 8 nitrogen and oxygen atoms in total. The molecule has 3 unspecified atom stereocenters. The van der Waals surface area contributed by atoms with Gasteiger partial charge in [-0.15, -0.1) is 0 Å². The standard InChI is InChI=1S/C19H25N3O5/c23-13-7-5-12(6-8-13)11-15(21-17(24)14-3-1-9-20-14)18(25)22-10-2-4-16(22)19(26)27/h5-8,14-16,20,23H,1-4,9-11H2,(H,21,24)(H,26,27). The van der Waals surface area contributed by atoms with E-state index in [1.54, 1.807) is 12.1 Å². The molecule has 1 aromatic rings. The highest BCUT2D eigenvalue weighted by Crippen LogP contribution is 2.20. The molecular weight excluding hydrogens is 350 g/mol. The number of hydrogen-bond donors (Lipinski definition) is 4. The molecule has 2 aliphatic heterocycles. The Labute approximate surface area is 157 Å². The van der Waals surface area contributed by atoms with Gasteiger partial charge in [0.25, 0.3) is 0 Å². The van der Waals surface area contributed by atoms with Gasteiger partial charge in [-0.1, -0.05) is 12.1 Å². The molecule has 0 bridgehead atoms. The predicted molar refractivity (Wildman–Crippen MR) is 97.1 cm³/mol. The van der Waals surface area contributed by atoms with Crippen LogP contribution < -0.4 is 10.6 Å². The molecule has 0 spiro atoms. The number of nitrogens with zero attached hydrogens (tertiary/aromatic N) is 1. The second kappa shape index (κ2) is 8.39. The van der Waals surface area contributed by atoms with Crippen molar-refractivity contribution in [1.29, 1.82) is 0 Å². The molecule has 0 aliphatic carbocycles. The van der Waals surface area contributed by atoms with Crippen LogP contribution in [0.25, 0.3) is 0 Å². The molecule has 2 amide bonds. The molecule has 2 aliphatic rings. The second-order valence-electron chi connectivity index (χ2n) is 7.11. The lowest BCUT2D eigenvalue weighted by atomic mass is 10.0. The lowest BCUT2D eigenvalue weighted by Gasteiger charge is -2.28. The van der Waals surface area contributed by atoms with Crippen LogP contribution >= 0.6 is 0 Å². The normalized spacial score (nSPS) is 23.2. The second-order valence-corrected chi connectivity index (χ2v) is 7.11. The highest BCUT2D eigenvalue weighted by molar-refractivity contribution is 5.92. The fraction of sp³-hybridized carbons (Fsp3) is 0.526. The largest absolute Gasteiger partial charge is 0.508 e. The van der Waals surface area contributed by atoms with Gasteiger partial charge in [0.2, 0.25) is 11.8 Å². The van der Waals surface area contributed by atoms with Gasteiger partial charge in [-0.2, -0.15) is 0 Å². The molecule has 1 aromatic carbocycles. The lowest BCUT2D eigenvalue weighted by molar-refractivity contribution is -0.149. The first-order chi connectivity index (χ1) is 13.0. The number of rotatable bonds is 6. The van der Waals surface area contributed by atoms with E-state index in [9.17, 15) is 24.6 Å². The summed E-state index contributed by atoms with van der Waals surface area (Å²) in [7, 11) is 0. The third-order valence-corrected chi connectivity index (χ3v) is 5.19. The molecule has 0 aromatic heterocycles. The van der Waals surface area contributed by atoms with Crippen LogP contribution in [0.4, 0.5) is 0 Å². The maximum absolute atomic E-state index is 13.1. The molecule has 3 atom stereocenters. The summed E-state index contributed by atoms with van der Waals surface area (Å²) in [6.45, 7) is 1.14. The Morgan fingerprint density at radius 1 is 1.19 bits per heavy atom. The Bertz CT molecular complexity index is 700. The summed E-state index contributed by atoms with van der Waals surface area (Å²) in [5, 5.41) is 24.7. The van der Waals surface area contributed by atoms with Crippen LogP contribution in [0.15, 0.2) is 24.3 Å². The van der Waals surface area contributed by atoms with Crippen LogP contribution in [0, 0.1) is 0 Å². The Morgan fingerprint density at radius 3 is 2.56 bits per heavy atom. The number of phenolic OH excluding ortho intramolecular Hbond substituents is 1. The summed E-state index contributed by atoms with van der Waals surface area (Å²) >= 11 is 0. The molecule has 2 heterocycles. The molecule has 0 saturated carbocycles. The van der Waals surface area contributed by atoms with Crippen molar-refractivity contribution in [3.8, 4) is 5.75 Å². The molecule has 2 saturated heterocycles. The third-order valence-electron chi connectivity index (χ3n) is 5.19. The quantitative estimate of drug-likeness (QED) is 0.566. The van der Waals surface area contributed by atoms with Gasteiger partial charge in [0, 0.05) is 13.0 Å². The van der Waals surface area contributed by atoms with Gasteiger partial charge in [-0.25, -0.2) is 4.79 Å². The average Bonchev–Trinajstić information content (AvgIpc) is 3.34. The first-order valence-electron chi connectivity index (χ1n) is 9.30. The maximum atomic E-state index is 13.1. The first kappa shape index (κ1) is 19.2. The molecule has 0 radical (unpaired) electrons. The Hall–Kier alpha value is -2.61. The molecule has 146 valence electrons. The van der Waals surface area contributed by atoms with Gasteiger partial charge in [0.05, 0.1) is 6.04 Å². The minimum absolute atomic E-state index is 0.117. The zero-order valence-electron chi connectivity index (χ0n) is 15.1. The number of aliphatic carboxylic acids is 1. The molecule has 8 heteroatoms. The predicted octanol–water partition coefficient (Wildman–Crippen LogP) is 0.247. The molecular formula is C19H25N3O5. The van der Waals surface area contributed by atoms with E-state index in [4.69, 9.17) is 0 Å². The van der Waals surface area contributed by atoms with Crippen molar-refractivity contribution in [3.05, 3.63) is 29.8 Å². The number of nitrogens with one attached hydrogen (secondary N) is 2. The van der Waals surface area contributed by atoms with E-state index in [1.807, 2.05) is 0 Å². The van der Waals surface area contributed by atoms with Crippen LogP contribution in [0.1, 0.15) is 31.2 Å². The van der Waals surface area contributed by atoms with Crippen LogP contribution in [0.2, 0.25) is 0 Å². The number of amides is 2. The minimum atomic E-state index is -1.02. The number of carboxylic acid groups (broad SMARTS) is 1. The van der Waals surface area contributed by atoms with Gasteiger partial charge in [0.1, 0.15) is 17.8 Å². The van der Waals surface area contributed by atoms with Crippen LogP contribution in [0.3, 0.4) is 0 Å². The van der Waals surface area contributed by atoms with E-state index in [1.165, 1.54) is 17.0 Å². The fourth-order valence-corrected chi connectivity index (χ4v) is 3.74. The first-order valence-corrected chi connectivity index (χ1v) is 9.30. The highest BCUT2D eigenvalue weighted by atomic mass is 16.4. The zero-order valence-corrected chi connectivity index (χ0v) is 15.1. The van der Waals surface area contributed by atoms with Crippen LogP contribution in [0.5, 0.6) is 5.75 Å². The molecule has 4 N–H and O–H groups in total. The number of aromatic hydroxyl groups is 1. The zero-order chi connectivity index (χ0) is 19.4. The number of carbonyl (C=O) groups is 3. The Balaban J connectivity index is 1.77. The van der Waals surface area contributed by atoms with Crippen molar-refractivity contribution in [2.45, 2.75) is 50.2 Å². The van der Waals surface area contributed by atoms with Crippen LogP contribution in [-0.4, -0.2) is 64.1 Å². The summed E-state index contributed by atoms with van der Waals surface area (Å²) in [4.78, 5) is 38.4. The van der Waals surface area contributed by atoms with Gasteiger partial charge in [-0.05, 0) is 49.9 Å². The Morgan fingerprint density at radius 2 is 1.93 bits per heavy atom. The van der Waals surface area contributed by atoms with Crippen molar-refractivity contribution in [3.63, 3.8) is 0 Å². The van der Waals surface area contributed by atoms with E-state index in [-0.39, 0.29) is 30.0 Å². The minimum Gasteiger partial charge on any atom is -0.508 e. The summed E-state index contributed by atoms with van der Waals surface area (Å²) < 4.78 is 0. The highest BCUT2D eigenvalue weighted by Gasteiger charge is 2.38. The van der Waals surface area contributed by atoms with Crippen molar-refractivity contribution in [2.75, 3.05) is 13.1 Å². The van der Waals surface area contributed by atoms with Crippen molar-refractivity contribution in [2.24, 2.45) is 0 Å². The van der Waals surface area contributed by atoms with Gasteiger partial charge in [0.15, 0.2) is 0 Å². The van der Waals surface area contributed by atoms with E-state index in [0.29, 0.717) is 25.8 Å². The van der Waals surface area contributed by atoms with Crippen molar-refractivity contribution < 1.29 is 24.6 Å². The van der Waals surface area contributed by atoms with E-state index >= 15 is 0 Å². The van der Waals surface area contributed by atoms with E-state index in [2.05, 4.69) is 10.6 Å². The average molecular weight is 375 g/mol. The molecule has 2 fully saturated rings. The molecule has 3 rings (SSSR count). The van der Waals surface area contributed by atoms with Crippen LogP contribution in [-0.2, 0) is 20.8 Å². The fourth-order valence-electron chi connectivity index (χ4n) is 3.74. The summed E-state index contributed by atoms with van der Waals surface area (Å²) in [5.74, 6) is -1.52. The number of hydrogen-bond acceptors (Lipinski definition) is 5. The number of phenols is 1. The van der Waals surface area contributed by atoms with Crippen molar-refractivity contribution in [1.82, 2.24) is 15.5 Å². The number of likely N-dealkylation sites (tertiary alicyclic amines) is 1. The van der Waals surface area contributed by atoms with Gasteiger partial charge < -0.3 is 25.7 Å². The van der Waals surface area contributed by atoms with Crippen molar-refractivity contribution >= 4 is 17.8 Å². The van der Waals surface area contributed by atoms with Gasteiger partial charge >= 0.3 is 5.97 Å². The number of carboxylic acids is 1. The summed E-state index contributed by atoms with van der Waals surface area (Å²) in [6, 6.07) is 4.41. The number of carbonyl (C=O) groups excluding carboxylic acids is 2. The number of benzene rings is 1. The molecule has 27 heavy (non-hydrogen) atoms. The smallest absolute Gasteiger partial charge is 0.326 e.